The molecule has 3 aromatic rings. The fraction of sp³-hybridized carbons (Fsp3) is 0.200. The Morgan fingerprint density at radius 2 is 1.93 bits per heavy atom. The first-order chi connectivity index (χ1) is 13.9. The molecule has 2 aromatic carbocycles. The number of carbonyl (C=O) groups excluding carboxylic acids is 2. The number of carbonyl (C=O) groups is 2. The van der Waals surface area contributed by atoms with E-state index in [-0.39, 0.29) is 11.8 Å². The van der Waals surface area contributed by atoms with Crippen LogP contribution in [0.5, 0.6) is 0 Å². The van der Waals surface area contributed by atoms with Crippen LogP contribution in [0.4, 0.5) is 5.69 Å². The first-order valence-electron chi connectivity index (χ1n) is 8.87. The summed E-state index contributed by atoms with van der Waals surface area (Å²) in [5.41, 5.74) is 1.50. The zero-order valence-corrected chi connectivity index (χ0v) is 18.1. The van der Waals surface area contributed by atoms with E-state index in [1.54, 1.807) is 41.1 Å². The Balaban J connectivity index is 1.83. The minimum absolute atomic E-state index is 0.150. The first-order valence-corrected chi connectivity index (χ1v) is 10.0. The minimum Gasteiger partial charge on any atom is -0.340 e. The molecule has 2 amide bonds. The second-order valence-electron chi connectivity index (χ2n) is 6.67. The van der Waals surface area contributed by atoms with E-state index in [9.17, 15) is 9.59 Å². The molecule has 9 heteroatoms. The third-order valence-electron chi connectivity index (χ3n) is 4.24. The number of benzene rings is 2. The van der Waals surface area contributed by atoms with Crippen LogP contribution in [0.2, 0.25) is 5.02 Å². The van der Waals surface area contributed by atoms with Gasteiger partial charge in [-0.15, -0.1) is 0 Å². The highest BCUT2D eigenvalue weighted by Crippen LogP contribution is 2.25. The molecule has 1 atom stereocenters. The standard InChI is InChI=1S/C20H19BrClN5O2/c1-12(2)18(26-19(28)14-5-3-4-6-15(14)22)20(29)25-16-9-13(21)7-8-17(16)27-11-23-10-24-27/h3-12,18H,1-2H3,(H,25,29)(H,26,28). The highest BCUT2D eigenvalue weighted by atomic mass is 79.9. The Labute approximate surface area is 181 Å². The zero-order chi connectivity index (χ0) is 21.0. The van der Waals surface area contributed by atoms with Gasteiger partial charge in [0, 0.05) is 4.47 Å². The average molecular weight is 477 g/mol. The summed E-state index contributed by atoms with van der Waals surface area (Å²) in [4.78, 5) is 29.6. The third kappa shape index (κ3) is 5.02. The predicted octanol–water partition coefficient (Wildman–Crippen LogP) is 4.08. The van der Waals surface area contributed by atoms with Crippen molar-refractivity contribution in [3.8, 4) is 5.69 Å². The molecule has 1 aromatic heterocycles. The summed E-state index contributed by atoms with van der Waals surface area (Å²) in [5, 5.41) is 10.1. The van der Waals surface area contributed by atoms with E-state index in [1.807, 2.05) is 19.9 Å². The number of nitrogens with zero attached hydrogens (tertiary/aromatic N) is 3. The molecule has 0 spiro atoms. The van der Waals surface area contributed by atoms with Crippen molar-refractivity contribution in [2.45, 2.75) is 19.9 Å². The Bertz CT molecular complexity index is 1020. The van der Waals surface area contributed by atoms with Gasteiger partial charge < -0.3 is 10.6 Å². The number of hydrogen-bond donors (Lipinski definition) is 2. The SMILES string of the molecule is CC(C)C(NC(=O)c1ccccc1Cl)C(=O)Nc1cc(Br)ccc1-n1cncn1. The minimum atomic E-state index is -0.763. The first kappa shape index (κ1) is 21.0. The molecule has 0 bridgehead atoms. The number of amides is 2. The van der Waals surface area contributed by atoms with Crippen molar-refractivity contribution in [3.63, 3.8) is 0 Å². The van der Waals surface area contributed by atoms with Crippen LogP contribution < -0.4 is 10.6 Å². The van der Waals surface area contributed by atoms with E-state index < -0.39 is 11.9 Å². The molecule has 7 nitrogen and oxygen atoms in total. The molecule has 2 N–H and O–H groups in total. The van der Waals surface area contributed by atoms with Gasteiger partial charge in [-0.3, -0.25) is 9.59 Å². The van der Waals surface area contributed by atoms with Gasteiger partial charge in [0.25, 0.3) is 5.91 Å². The quantitative estimate of drug-likeness (QED) is 0.561. The van der Waals surface area contributed by atoms with Crippen molar-refractivity contribution < 1.29 is 9.59 Å². The van der Waals surface area contributed by atoms with Crippen molar-refractivity contribution >= 4 is 45.0 Å². The smallest absolute Gasteiger partial charge is 0.253 e. The van der Waals surface area contributed by atoms with Gasteiger partial charge in [0.15, 0.2) is 0 Å². The predicted molar refractivity (Wildman–Crippen MR) is 115 cm³/mol. The largest absolute Gasteiger partial charge is 0.340 e. The lowest BCUT2D eigenvalue weighted by Gasteiger charge is -2.23. The summed E-state index contributed by atoms with van der Waals surface area (Å²) in [6.07, 6.45) is 2.95. The molecular weight excluding hydrogens is 458 g/mol. The molecule has 1 heterocycles. The van der Waals surface area contributed by atoms with Crippen LogP contribution in [0.3, 0.4) is 0 Å². The van der Waals surface area contributed by atoms with Gasteiger partial charge in [0.2, 0.25) is 5.91 Å². The molecule has 0 aliphatic rings. The third-order valence-corrected chi connectivity index (χ3v) is 5.06. The molecule has 0 saturated carbocycles. The highest BCUT2D eigenvalue weighted by Gasteiger charge is 2.26. The van der Waals surface area contributed by atoms with E-state index in [4.69, 9.17) is 11.6 Å². The lowest BCUT2D eigenvalue weighted by atomic mass is 10.0. The summed E-state index contributed by atoms with van der Waals surface area (Å²) in [6, 6.07) is 11.4. The molecule has 3 rings (SSSR count). The van der Waals surface area contributed by atoms with Crippen LogP contribution in [0.1, 0.15) is 24.2 Å². The lowest BCUT2D eigenvalue weighted by molar-refractivity contribution is -0.118. The van der Waals surface area contributed by atoms with E-state index in [0.29, 0.717) is 22.0 Å². The van der Waals surface area contributed by atoms with Crippen molar-refractivity contribution in [3.05, 3.63) is 70.2 Å². The molecule has 150 valence electrons. The second kappa shape index (κ2) is 9.19. The van der Waals surface area contributed by atoms with Gasteiger partial charge in [-0.25, -0.2) is 9.67 Å². The maximum atomic E-state index is 13.0. The van der Waals surface area contributed by atoms with Crippen molar-refractivity contribution in [1.82, 2.24) is 20.1 Å². The van der Waals surface area contributed by atoms with Crippen molar-refractivity contribution in [2.75, 3.05) is 5.32 Å². The molecule has 0 radical (unpaired) electrons. The monoisotopic (exact) mass is 475 g/mol. The van der Waals surface area contributed by atoms with Crippen LogP contribution in [0, 0.1) is 5.92 Å². The fourth-order valence-corrected chi connectivity index (χ4v) is 3.33. The topological polar surface area (TPSA) is 88.9 Å². The number of nitrogens with one attached hydrogen (secondary N) is 2. The molecule has 29 heavy (non-hydrogen) atoms. The van der Waals surface area contributed by atoms with Gasteiger partial charge >= 0.3 is 0 Å². The van der Waals surface area contributed by atoms with Crippen LogP contribution in [0.25, 0.3) is 5.69 Å². The number of halogens is 2. The van der Waals surface area contributed by atoms with Crippen LogP contribution >= 0.6 is 27.5 Å². The Morgan fingerprint density at radius 1 is 1.17 bits per heavy atom. The molecule has 1 unspecified atom stereocenters. The number of aromatic nitrogens is 3. The highest BCUT2D eigenvalue weighted by molar-refractivity contribution is 9.10. The molecule has 0 aliphatic heterocycles. The summed E-state index contributed by atoms with van der Waals surface area (Å²) in [7, 11) is 0. The maximum absolute atomic E-state index is 13.0. The molecule has 0 fully saturated rings. The zero-order valence-electron chi connectivity index (χ0n) is 15.8. The van der Waals surface area contributed by atoms with Gasteiger partial charge in [-0.1, -0.05) is 53.5 Å². The van der Waals surface area contributed by atoms with Gasteiger partial charge in [0.1, 0.15) is 18.7 Å². The van der Waals surface area contributed by atoms with Crippen molar-refractivity contribution in [1.29, 1.82) is 0 Å². The van der Waals surface area contributed by atoms with E-state index >= 15 is 0 Å². The molecule has 0 saturated heterocycles. The summed E-state index contributed by atoms with van der Waals surface area (Å²) >= 11 is 9.52. The van der Waals surface area contributed by atoms with Crippen molar-refractivity contribution in [2.24, 2.45) is 5.92 Å². The van der Waals surface area contributed by atoms with Gasteiger partial charge in [0.05, 0.1) is 22.0 Å². The average Bonchev–Trinajstić information content (AvgIpc) is 3.20. The van der Waals surface area contributed by atoms with E-state index in [2.05, 4.69) is 36.6 Å². The summed E-state index contributed by atoms with van der Waals surface area (Å²) < 4.78 is 2.34. The second-order valence-corrected chi connectivity index (χ2v) is 7.99. The number of anilines is 1. The van der Waals surface area contributed by atoms with Crippen LogP contribution in [-0.2, 0) is 4.79 Å². The Hall–Kier alpha value is -2.71. The fourth-order valence-electron chi connectivity index (χ4n) is 2.75. The van der Waals surface area contributed by atoms with Crippen LogP contribution in [0.15, 0.2) is 59.6 Å². The van der Waals surface area contributed by atoms with Crippen LogP contribution in [-0.4, -0.2) is 32.6 Å². The Morgan fingerprint density at radius 3 is 2.59 bits per heavy atom. The lowest BCUT2D eigenvalue weighted by Crippen LogP contribution is -2.47. The number of rotatable bonds is 6. The number of hydrogen-bond acceptors (Lipinski definition) is 4. The van der Waals surface area contributed by atoms with E-state index in [1.165, 1.54) is 12.7 Å². The molecular formula is C20H19BrClN5O2. The molecule has 0 aliphatic carbocycles. The van der Waals surface area contributed by atoms with E-state index in [0.717, 1.165) is 4.47 Å². The summed E-state index contributed by atoms with van der Waals surface area (Å²) in [5.74, 6) is -0.904. The normalized spacial score (nSPS) is 11.9. The summed E-state index contributed by atoms with van der Waals surface area (Å²) in [6.45, 7) is 3.72. The van der Waals surface area contributed by atoms with Gasteiger partial charge in [-0.05, 0) is 36.2 Å². The maximum Gasteiger partial charge on any atom is 0.253 e. The Kier molecular flexibility index (Phi) is 6.66. The van der Waals surface area contributed by atoms with Gasteiger partial charge in [-0.2, -0.15) is 5.10 Å².